The quantitative estimate of drug-likeness (QED) is 0.862. The van der Waals surface area contributed by atoms with Crippen LogP contribution in [0, 0.1) is 13.8 Å². The van der Waals surface area contributed by atoms with E-state index in [1.54, 1.807) is 18.4 Å². The first-order valence-electron chi connectivity index (χ1n) is 7.52. The Morgan fingerprint density at radius 2 is 2.13 bits per heavy atom. The van der Waals surface area contributed by atoms with Crippen molar-refractivity contribution in [2.75, 3.05) is 32.0 Å². The first-order chi connectivity index (χ1) is 11.0. The van der Waals surface area contributed by atoms with Crippen LogP contribution in [0.25, 0.3) is 0 Å². The summed E-state index contributed by atoms with van der Waals surface area (Å²) in [5.74, 6) is 1.88. The Kier molecular flexibility index (Phi) is 4.53. The van der Waals surface area contributed by atoms with Gasteiger partial charge in [0.1, 0.15) is 11.6 Å². The second kappa shape index (κ2) is 6.59. The lowest BCUT2D eigenvalue weighted by molar-refractivity contribution is -0.134. The van der Waals surface area contributed by atoms with Gasteiger partial charge in [0.25, 0.3) is 0 Å². The van der Waals surface area contributed by atoms with Gasteiger partial charge >= 0.3 is 0 Å². The number of aryl methyl sites for hydroxylation is 2. The fraction of sp³-hybridized carbons (Fsp3) is 0.467. The first kappa shape index (κ1) is 15.8. The van der Waals surface area contributed by atoms with Crippen molar-refractivity contribution < 1.29 is 4.79 Å². The van der Waals surface area contributed by atoms with Gasteiger partial charge in [0.15, 0.2) is 5.13 Å². The molecule has 0 aromatic carbocycles. The van der Waals surface area contributed by atoms with Gasteiger partial charge in [-0.15, -0.1) is 11.3 Å². The minimum atomic E-state index is 0.131. The van der Waals surface area contributed by atoms with Crippen molar-refractivity contribution in [1.29, 1.82) is 0 Å². The summed E-state index contributed by atoms with van der Waals surface area (Å²) >= 11 is 1.55. The molecule has 1 amide bonds. The molecule has 0 aliphatic carbocycles. The Bertz CT molecular complexity index is 710. The Labute approximate surface area is 139 Å². The molecule has 2 N–H and O–H groups in total. The van der Waals surface area contributed by atoms with Gasteiger partial charge in [-0.25, -0.2) is 15.0 Å². The zero-order chi connectivity index (χ0) is 16.4. The highest BCUT2D eigenvalue weighted by atomic mass is 32.1. The van der Waals surface area contributed by atoms with Crippen molar-refractivity contribution in [3.8, 4) is 0 Å². The van der Waals surface area contributed by atoms with E-state index in [1.807, 2.05) is 30.2 Å². The lowest BCUT2D eigenvalue weighted by Gasteiger charge is -2.39. The second-order valence-corrected chi connectivity index (χ2v) is 6.53. The lowest BCUT2D eigenvalue weighted by atomic mass is 9.95. The summed E-state index contributed by atoms with van der Waals surface area (Å²) in [4.78, 5) is 27.0. The van der Waals surface area contributed by atoms with E-state index < -0.39 is 0 Å². The molecule has 0 spiro atoms. The monoisotopic (exact) mass is 332 g/mol. The standard InChI is InChI=1S/C15H20N6OS/c1-9-8-23-15(17-9)20-13-4-12(18-10(2)19-13)11-6-21(7-11)14(22)5-16-3/h4,8,11,16H,5-7H2,1-3H3,(H,17,18,19,20). The van der Waals surface area contributed by atoms with E-state index in [1.165, 1.54) is 0 Å². The molecule has 0 radical (unpaired) electrons. The predicted molar refractivity (Wildman–Crippen MR) is 90.2 cm³/mol. The summed E-state index contributed by atoms with van der Waals surface area (Å²) in [5.41, 5.74) is 1.96. The van der Waals surface area contributed by atoms with Crippen molar-refractivity contribution in [3.05, 3.63) is 28.7 Å². The third kappa shape index (κ3) is 3.65. The summed E-state index contributed by atoms with van der Waals surface area (Å²) < 4.78 is 0. The third-order valence-electron chi connectivity index (χ3n) is 3.69. The number of aromatic nitrogens is 3. The smallest absolute Gasteiger partial charge is 0.236 e. The van der Waals surface area contributed by atoms with Crippen LogP contribution in [0.1, 0.15) is 23.1 Å². The van der Waals surface area contributed by atoms with Gasteiger partial charge in [-0.05, 0) is 20.9 Å². The van der Waals surface area contributed by atoms with E-state index >= 15 is 0 Å². The number of anilines is 2. The molecule has 0 saturated carbocycles. The second-order valence-electron chi connectivity index (χ2n) is 5.67. The van der Waals surface area contributed by atoms with Crippen LogP contribution in [0.4, 0.5) is 10.9 Å². The largest absolute Gasteiger partial charge is 0.340 e. The molecule has 1 aliphatic heterocycles. The molecule has 1 fully saturated rings. The van der Waals surface area contributed by atoms with Crippen LogP contribution in [0.5, 0.6) is 0 Å². The molecule has 0 unspecified atom stereocenters. The van der Waals surface area contributed by atoms with E-state index in [9.17, 15) is 4.79 Å². The summed E-state index contributed by atoms with van der Waals surface area (Å²) in [6.45, 7) is 5.65. The summed E-state index contributed by atoms with van der Waals surface area (Å²) in [6.07, 6.45) is 0. The normalized spacial score (nSPS) is 14.7. The average Bonchev–Trinajstić information content (AvgIpc) is 2.82. The molecule has 0 atom stereocenters. The molecular weight excluding hydrogens is 312 g/mol. The SMILES string of the molecule is CNCC(=O)N1CC(c2cc(Nc3nc(C)cs3)nc(C)n2)C1. The number of hydrogen-bond acceptors (Lipinski definition) is 7. The fourth-order valence-corrected chi connectivity index (χ4v) is 3.21. The van der Waals surface area contributed by atoms with Gasteiger partial charge in [0.05, 0.1) is 17.9 Å². The third-order valence-corrected chi connectivity index (χ3v) is 4.57. The number of carbonyl (C=O) groups excluding carboxylic acids is 1. The summed E-state index contributed by atoms with van der Waals surface area (Å²) in [5, 5.41) is 8.93. The number of amides is 1. The minimum absolute atomic E-state index is 0.131. The molecule has 3 rings (SSSR count). The lowest BCUT2D eigenvalue weighted by Crippen LogP contribution is -2.51. The molecule has 0 bridgehead atoms. The van der Waals surface area contributed by atoms with E-state index in [-0.39, 0.29) is 11.8 Å². The van der Waals surface area contributed by atoms with Gasteiger partial charge in [-0.2, -0.15) is 0 Å². The van der Waals surface area contributed by atoms with E-state index in [0.717, 1.165) is 28.2 Å². The van der Waals surface area contributed by atoms with Crippen LogP contribution < -0.4 is 10.6 Å². The molecule has 1 saturated heterocycles. The maximum absolute atomic E-state index is 11.8. The number of likely N-dealkylation sites (tertiary alicyclic amines) is 1. The van der Waals surface area contributed by atoms with Gasteiger partial charge < -0.3 is 15.5 Å². The van der Waals surface area contributed by atoms with Gasteiger partial charge in [-0.1, -0.05) is 0 Å². The van der Waals surface area contributed by atoms with Crippen molar-refractivity contribution in [2.24, 2.45) is 0 Å². The number of nitrogens with zero attached hydrogens (tertiary/aromatic N) is 4. The maximum Gasteiger partial charge on any atom is 0.236 e. The molecule has 8 heteroatoms. The van der Waals surface area contributed by atoms with Crippen LogP contribution in [0.3, 0.4) is 0 Å². The van der Waals surface area contributed by atoms with Crippen LogP contribution in [0.15, 0.2) is 11.4 Å². The number of thiazole rings is 1. The highest BCUT2D eigenvalue weighted by Gasteiger charge is 2.32. The van der Waals surface area contributed by atoms with E-state index in [0.29, 0.717) is 19.6 Å². The minimum Gasteiger partial charge on any atom is -0.340 e. The predicted octanol–water partition coefficient (Wildman–Crippen LogP) is 1.44. The zero-order valence-electron chi connectivity index (χ0n) is 13.5. The molecule has 7 nitrogen and oxygen atoms in total. The van der Waals surface area contributed by atoms with Gasteiger partial charge in [-0.3, -0.25) is 4.79 Å². The van der Waals surface area contributed by atoms with Gasteiger partial charge in [0, 0.05) is 30.5 Å². The topological polar surface area (TPSA) is 83.0 Å². The zero-order valence-corrected chi connectivity index (χ0v) is 14.3. The van der Waals surface area contributed by atoms with Crippen LogP contribution in [0.2, 0.25) is 0 Å². The van der Waals surface area contributed by atoms with E-state index in [2.05, 4.69) is 25.6 Å². The molecule has 3 heterocycles. The highest BCUT2D eigenvalue weighted by molar-refractivity contribution is 7.13. The number of carbonyl (C=O) groups is 1. The molecule has 2 aromatic heterocycles. The average molecular weight is 332 g/mol. The van der Waals surface area contributed by atoms with Crippen LogP contribution >= 0.6 is 11.3 Å². The molecule has 2 aromatic rings. The Morgan fingerprint density at radius 3 is 2.78 bits per heavy atom. The van der Waals surface area contributed by atoms with Crippen molar-refractivity contribution in [1.82, 2.24) is 25.2 Å². The van der Waals surface area contributed by atoms with E-state index in [4.69, 9.17) is 0 Å². The Balaban J connectivity index is 1.68. The van der Waals surface area contributed by atoms with Crippen LogP contribution in [-0.4, -0.2) is 52.4 Å². The van der Waals surface area contributed by atoms with Gasteiger partial charge in [0.2, 0.25) is 5.91 Å². The molecule has 23 heavy (non-hydrogen) atoms. The Hall–Kier alpha value is -2.06. The van der Waals surface area contributed by atoms with Crippen molar-refractivity contribution in [3.63, 3.8) is 0 Å². The summed E-state index contributed by atoms with van der Waals surface area (Å²) in [7, 11) is 1.78. The van der Waals surface area contributed by atoms with Crippen molar-refractivity contribution >= 4 is 28.2 Å². The Morgan fingerprint density at radius 1 is 1.35 bits per heavy atom. The number of nitrogens with one attached hydrogen (secondary N) is 2. The maximum atomic E-state index is 11.8. The molecule has 1 aliphatic rings. The fourth-order valence-electron chi connectivity index (χ4n) is 2.52. The number of likely N-dealkylation sites (N-methyl/N-ethyl adjacent to an activating group) is 1. The number of hydrogen-bond donors (Lipinski definition) is 2. The first-order valence-corrected chi connectivity index (χ1v) is 8.40. The molecular formula is C15H20N6OS. The van der Waals surface area contributed by atoms with Crippen LogP contribution in [-0.2, 0) is 4.79 Å². The summed E-state index contributed by atoms with van der Waals surface area (Å²) in [6, 6.07) is 1.95. The number of rotatable bonds is 5. The molecule has 122 valence electrons. The van der Waals surface area contributed by atoms with Crippen molar-refractivity contribution in [2.45, 2.75) is 19.8 Å². The highest BCUT2D eigenvalue weighted by Crippen LogP contribution is 2.28.